The summed E-state index contributed by atoms with van der Waals surface area (Å²) in [6.07, 6.45) is 0. The van der Waals surface area contributed by atoms with Crippen molar-refractivity contribution in [2.75, 3.05) is 0 Å². The molecule has 0 fully saturated rings. The molecule has 676 valence electrons. The van der Waals surface area contributed by atoms with Crippen LogP contribution in [0.2, 0.25) is 0 Å². The Morgan fingerprint density at radius 2 is 0.391 bits per heavy atom. The van der Waals surface area contributed by atoms with Crippen molar-refractivity contribution >= 4 is 0 Å². The lowest BCUT2D eigenvalue weighted by Gasteiger charge is -2.34. The number of benzene rings is 19. The summed E-state index contributed by atoms with van der Waals surface area (Å²) in [5.41, 5.74) is 57.0. The highest BCUT2D eigenvalue weighted by Crippen LogP contribution is 2.60. The van der Waals surface area contributed by atoms with E-state index in [1.54, 1.807) is 0 Å². The molecule has 0 atom stereocenters. The van der Waals surface area contributed by atoms with Crippen molar-refractivity contribution in [1.29, 1.82) is 0 Å². The highest BCUT2D eigenvalue weighted by atomic mass is 14.5. The Morgan fingerprint density at radius 1 is 0.138 bits per heavy atom. The molecule has 138 heavy (non-hydrogen) atoms. The van der Waals surface area contributed by atoms with E-state index >= 15 is 0 Å². The van der Waals surface area contributed by atoms with Gasteiger partial charge in [-0.2, -0.15) is 0 Å². The van der Waals surface area contributed by atoms with Gasteiger partial charge in [0.05, 0.1) is 10.8 Å². The highest BCUT2D eigenvalue weighted by molar-refractivity contribution is 5.91. The first-order chi connectivity index (χ1) is 66.7. The van der Waals surface area contributed by atoms with Gasteiger partial charge in [0, 0.05) is 27.1 Å². The highest BCUT2D eigenvalue weighted by Gasteiger charge is 2.49. The van der Waals surface area contributed by atoms with Crippen LogP contribution in [-0.4, -0.2) is 0 Å². The minimum absolute atomic E-state index is 0.0760. The molecule has 7 aliphatic carbocycles. The fourth-order valence-corrected chi connectivity index (χ4v) is 24.5. The Balaban J connectivity index is 0.000000100. The predicted octanol–water partition coefficient (Wildman–Crippen LogP) is 35.9. The molecular formula is C138H124. The summed E-state index contributed by atoms with van der Waals surface area (Å²) in [5.74, 6) is 0. The van der Waals surface area contributed by atoms with E-state index in [0.29, 0.717) is 0 Å². The fraction of sp³-hybridized carbons (Fsp3) is 0.174. The zero-order valence-electron chi connectivity index (χ0n) is 83.1. The minimum atomic E-state index is -0.263. The van der Waals surface area contributed by atoms with Crippen molar-refractivity contribution in [3.05, 3.63) is 582 Å². The van der Waals surface area contributed by atoms with Gasteiger partial charge in [0.15, 0.2) is 0 Å². The maximum absolute atomic E-state index is 2.38. The van der Waals surface area contributed by atoms with Crippen LogP contribution in [0.25, 0.3) is 89.0 Å². The van der Waals surface area contributed by atoms with Crippen molar-refractivity contribution < 1.29 is 0 Å². The van der Waals surface area contributed by atoms with Crippen molar-refractivity contribution in [2.45, 2.75) is 156 Å². The molecule has 0 saturated carbocycles. The second-order valence-electron chi connectivity index (χ2n) is 41.7. The number of aryl methyl sites for hydroxylation is 7. The first-order valence-electron chi connectivity index (χ1n) is 49.4. The number of rotatable bonds is 5. The molecule has 0 aromatic heterocycles. The Morgan fingerprint density at radius 3 is 0.862 bits per heavy atom. The molecule has 0 heterocycles. The molecule has 19 aromatic carbocycles. The average Bonchev–Trinajstić information content (AvgIpc) is 1.54. The third-order valence-corrected chi connectivity index (χ3v) is 31.3. The van der Waals surface area contributed by atoms with Crippen molar-refractivity contribution in [3.63, 3.8) is 0 Å². The lowest BCUT2D eigenvalue weighted by atomic mass is 9.67. The molecule has 0 spiro atoms. The zero-order chi connectivity index (χ0) is 95.8. The third kappa shape index (κ3) is 15.4. The van der Waals surface area contributed by atoms with Crippen LogP contribution in [0.4, 0.5) is 0 Å². The van der Waals surface area contributed by atoms with E-state index in [1.165, 1.54) is 228 Å². The molecule has 0 bridgehead atoms. The summed E-state index contributed by atoms with van der Waals surface area (Å²) >= 11 is 0. The van der Waals surface area contributed by atoms with Crippen molar-refractivity contribution in [3.8, 4) is 89.0 Å². The van der Waals surface area contributed by atoms with Gasteiger partial charge in [-0.1, -0.05) is 534 Å². The van der Waals surface area contributed by atoms with Crippen molar-refractivity contribution in [2.24, 2.45) is 0 Å². The lowest BCUT2D eigenvalue weighted by molar-refractivity contribution is 0.655. The molecule has 26 rings (SSSR count). The lowest BCUT2D eigenvalue weighted by Crippen LogP contribution is -2.28. The quantitative estimate of drug-likeness (QED) is 0.161. The Bertz CT molecular complexity index is 7720. The summed E-state index contributed by atoms with van der Waals surface area (Å²) in [4.78, 5) is 0. The summed E-state index contributed by atoms with van der Waals surface area (Å²) in [5, 5.41) is 0. The van der Waals surface area contributed by atoms with Gasteiger partial charge in [-0.25, -0.2) is 0 Å². The topological polar surface area (TPSA) is 0 Å². The Kier molecular flexibility index (Phi) is 23.7. The SMILES string of the molecule is Cc1ccc(-c2ccc3c(c2)C(C)(C)c2ccccc2-3)cc1.Cc1ccc2c(c1)-c1ccccc1C2(C)C.Cc1ccc2c(c1)-c1ccccc1C2(c1ccccc1)c1ccccc1.Cc1ccc2c(c1)C(C)(C)c1ccccc1-2.Cc1ccc2c(c1)C(c1ccccc1)(c1ccccc1)c1ccccc1-2.Cc1cccc2c1-c1ccccc1C2(C)C.Cc1cccc2c1C(C)(C)c1ccccc1-2. The van der Waals surface area contributed by atoms with E-state index in [0.717, 1.165) is 0 Å². The molecule has 0 unspecified atom stereocenters. The summed E-state index contributed by atoms with van der Waals surface area (Å²) in [7, 11) is 0. The third-order valence-electron chi connectivity index (χ3n) is 31.3. The first-order valence-corrected chi connectivity index (χ1v) is 49.4. The molecule has 0 aliphatic heterocycles. The average molecular weight is 1780 g/mol. The Hall–Kier alpha value is -14.8. The maximum Gasteiger partial charge on any atom is 0.0713 e. The molecule has 0 nitrogen and oxygen atoms in total. The van der Waals surface area contributed by atoms with Crippen LogP contribution in [-0.2, 0) is 37.9 Å². The van der Waals surface area contributed by atoms with Crippen LogP contribution in [0.3, 0.4) is 0 Å². The second kappa shape index (κ2) is 36.0. The fourth-order valence-electron chi connectivity index (χ4n) is 24.5. The van der Waals surface area contributed by atoms with Gasteiger partial charge >= 0.3 is 0 Å². The molecule has 0 radical (unpaired) electrons. The molecule has 0 N–H and O–H groups in total. The van der Waals surface area contributed by atoms with Gasteiger partial charge in [0.2, 0.25) is 0 Å². The second-order valence-corrected chi connectivity index (χ2v) is 41.7. The molecule has 19 aromatic rings. The summed E-state index contributed by atoms with van der Waals surface area (Å²) < 4.78 is 0. The molecule has 0 heteroatoms. The van der Waals surface area contributed by atoms with Crippen LogP contribution in [0.5, 0.6) is 0 Å². The van der Waals surface area contributed by atoms with Crippen LogP contribution in [0.15, 0.2) is 443 Å². The predicted molar refractivity (Wildman–Crippen MR) is 586 cm³/mol. The van der Waals surface area contributed by atoms with Gasteiger partial charge in [0.25, 0.3) is 0 Å². The van der Waals surface area contributed by atoms with E-state index in [-0.39, 0.29) is 37.9 Å². The number of hydrogen-bond donors (Lipinski definition) is 0. The minimum Gasteiger partial charge on any atom is -0.0622 e. The van der Waals surface area contributed by atoms with Crippen LogP contribution in [0, 0.1) is 48.5 Å². The molecular weight excluding hydrogens is 1660 g/mol. The summed E-state index contributed by atoms with van der Waals surface area (Å²) in [6, 6.07) is 162. The van der Waals surface area contributed by atoms with Gasteiger partial charge in [-0.15, -0.1) is 0 Å². The first kappa shape index (κ1) is 91.0. The maximum atomic E-state index is 2.38. The van der Waals surface area contributed by atoms with E-state index in [9.17, 15) is 0 Å². The Labute approximate surface area is 820 Å². The van der Waals surface area contributed by atoms with Crippen LogP contribution < -0.4 is 0 Å². The number of fused-ring (bicyclic) bond motifs is 21. The molecule has 0 amide bonds. The zero-order valence-corrected chi connectivity index (χ0v) is 83.1. The van der Waals surface area contributed by atoms with E-state index < -0.39 is 0 Å². The molecule has 7 aliphatic rings. The monoisotopic (exact) mass is 1780 g/mol. The number of hydrogen-bond acceptors (Lipinski definition) is 0. The van der Waals surface area contributed by atoms with Gasteiger partial charge < -0.3 is 0 Å². The van der Waals surface area contributed by atoms with E-state index in [2.05, 4.69) is 561 Å². The van der Waals surface area contributed by atoms with Crippen LogP contribution in [0.1, 0.15) is 208 Å². The van der Waals surface area contributed by atoms with Gasteiger partial charge in [-0.05, 0) is 255 Å². The largest absolute Gasteiger partial charge is 0.0713 e. The van der Waals surface area contributed by atoms with Gasteiger partial charge in [-0.3, -0.25) is 0 Å². The van der Waals surface area contributed by atoms with Gasteiger partial charge in [0.1, 0.15) is 0 Å². The van der Waals surface area contributed by atoms with E-state index in [1.807, 2.05) is 0 Å². The smallest absolute Gasteiger partial charge is 0.0622 e. The standard InChI is InChI=1S/2C26H20.C22H20.4C16H16/c1-19-16-17-25-23(18-19)22-14-8-9-15-24(22)26(25,20-10-4-2-5-11-20)21-12-6-3-7-13-21;1-19-16-17-23-22-14-8-9-15-24(22)26(25(23)18-19,20-10-4-2-5-11-20)21-12-6-3-7-13-21;1-15-8-10-16(11-9-15)17-12-13-19-18-6-4-5-7-20(18)22(2,3)21(19)14-17;1-11-7-6-9-13-12-8-4-5-10-14(12)16(2,3)15(11)13;1-11-7-6-10-14-15(11)12-8-4-5-9-13(12)16(14,2)3;1-11-8-9-15-13(10-11)12-6-4-5-7-14(12)16(15,2)3;1-11-8-9-13-12-6-4-5-7-14(12)16(2,3)15(13)10-11/h2*2-18H,1H3;4-14H,1-3H3;4*4-10H,1-3H3. The normalized spacial score (nSPS) is 14.8. The summed E-state index contributed by atoms with van der Waals surface area (Å²) in [6.45, 7) is 38.4. The van der Waals surface area contributed by atoms with Crippen molar-refractivity contribution in [1.82, 2.24) is 0 Å². The molecule has 0 saturated heterocycles. The van der Waals surface area contributed by atoms with E-state index in [4.69, 9.17) is 0 Å². The van der Waals surface area contributed by atoms with Crippen LogP contribution >= 0.6 is 0 Å².